The number of methoxy groups -OCH3 is 2. The normalized spacial score (nSPS) is 12.0. The maximum Gasteiger partial charge on any atom is 0.410 e. The molecule has 9 nitrogen and oxygen atoms in total. The second-order valence-corrected chi connectivity index (χ2v) is 6.63. The average Bonchev–Trinajstić information content (AvgIpc) is 2.59. The number of carbonyl (C=O) groups excluding carboxylic acids is 3. The fourth-order valence-corrected chi connectivity index (χ4v) is 2.03. The third kappa shape index (κ3) is 12.0. The molecule has 0 aliphatic rings. The summed E-state index contributed by atoms with van der Waals surface area (Å²) in [7, 11) is 2.67. The molecule has 0 aromatic carbocycles. The lowest BCUT2D eigenvalue weighted by atomic mass is 10.1. The fourth-order valence-electron chi connectivity index (χ4n) is 2.03. The van der Waals surface area contributed by atoms with Gasteiger partial charge in [0, 0.05) is 13.5 Å². The van der Waals surface area contributed by atoms with Crippen LogP contribution in [0.5, 0.6) is 0 Å². The van der Waals surface area contributed by atoms with Crippen molar-refractivity contribution in [3.05, 3.63) is 12.7 Å². The lowest BCUT2D eigenvalue weighted by molar-refractivity contribution is -0.155. The molecule has 0 saturated heterocycles. The van der Waals surface area contributed by atoms with E-state index in [1.54, 1.807) is 20.8 Å². The topological polar surface area (TPSA) is 101 Å². The Morgan fingerprint density at radius 2 is 1.81 bits per heavy atom. The van der Waals surface area contributed by atoms with Gasteiger partial charge < -0.3 is 23.7 Å². The predicted molar refractivity (Wildman–Crippen MR) is 97.0 cm³/mol. The number of carbonyl (C=O) groups is 3. The Bertz CT molecular complexity index is 486. The van der Waals surface area contributed by atoms with Crippen molar-refractivity contribution in [2.24, 2.45) is 0 Å². The Hall–Kier alpha value is -2.13. The number of hydrogen-bond acceptors (Lipinski definition) is 8. The number of hydrogen-bond donors (Lipinski definition) is 0. The highest BCUT2D eigenvalue weighted by Gasteiger charge is 2.29. The first-order valence-corrected chi connectivity index (χ1v) is 8.54. The zero-order valence-corrected chi connectivity index (χ0v) is 16.8. The SMILES string of the molecule is C=CCOC(=O)N(CC(=O)OC)[C@H](CCC(=O)OC(C)(C)C)COCOC. The quantitative estimate of drug-likeness (QED) is 0.164. The molecule has 0 rings (SSSR count). The molecule has 0 radical (unpaired) electrons. The Labute approximate surface area is 160 Å². The Balaban J connectivity index is 5.19. The molecule has 27 heavy (non-hydrogen) atoms. The second kappa shape index (κ2) is 13.1. The molecule has 0 fully saturated rings. The standard InChI is InChI=1S/C18H31NO8/c1-7-10-26-17(22)19(11-16(21)24-6)14(12-25-13-23-5)8-9-15(20)27-18(2,3)4/h7,14H,1,8-13H2,2-6H3/t14-/m1/s1. The summed E-state index contributed by atoms with van der Waals surface area (Å²) in [6.07, 6.45) is 0.907. The average molecular weight is 389 g/mol. The summed E-state index contributed by atoms with van der Waals surface area (Å²) in [4.78, 5) is 37.2. The zero-order chi connectivity index (χ0) is 20.9. The van der Waals surface area contributed by atoms with E-state index in [-0.39, 0.29) is 39.4 Å². The minimum atomic E-state index is -0.740. The predicted octanol–water partition coefficient (Wildman–Crippen LogP) is 1.89. The van der Waals surface area contributed by atoms with Gasteiger partial charge in [0.15, 0.2) is 0 Å². The van der Waals surface area contributed by atoms with Gasteiger partial charge in [-0.1, -0.05) is 12.7 Å². The summed E-state index contributed by atoms with van der Waals surface area (Å²) in [6, 6.07) is -0.621. The Kier molecular flexibility index (Phi) is 12.1. The van der Waals surface area contributed by atoms with Crippen LogP contribution in [0, 0.1) is 0 Å². The van der Waals surface area contributed by atoms with Crippen LogP contribution in [-0.2, 0) is 33.3 Å². The molecule has 0 aromatic rings. The molecular weight excluding hydrogens is 358 g/mol. The molecule has 0 bridgehead atoms. The summed E-state index contributed by atoms with van der Waals surface area (Å²) in [5.74, 6) is -1.05. The molecule has 0 spiro atoms. The fraction of sp³-hybridized carbons (Fsp3) is 0.722. The van der Waals surface area contributed by atoms with Gasteiger partial charge in [-0.2, -0.15) is 0 Å². The molecule has 0 N–H and O–H groups in total. The number of nitrogens with zero attached hydrogens (tertiary/aromatic N) is 1. The highest BCUT2D eigenvalue weighted by atomic mass is 16.7. The third-order valence-electron chi connectivity index (χ3n) is 3.14. The van der Waals surface area contributed by atoms with E-state index in [9.17, 15) is 14.4 Å². The molecular formula is C18H31NO8. The largest absolute Gasteiger partial charge is 0.468 e. The van der Waals surface area contributed by atoms with Gasteiger partial charge in [0.05, 0.1) is 19.8 Å². The van der Waals surface area contributed by atoms with Crippen LogP contribution in [0.2, 0.25) is 0 Å². The van der Waals surface area contributed by atoms with Gasteiger partial charge in [-0.15, -0.1) is 0 Å². The minimum Gasteiger partial charge on any atom is -0.468 e. The van der Waals surface area contributed by atoms with Crippen molar-refractivity contribution >= 4 is 18.0 Å². The summed E-state index contributed by atoms with van der Waals surface area (Å²) in [6.45, 7) is 8.44. The number of ether oxygens (including phenoxy) is 5. The minimum absolute atomic E-state index is 0.00327. The molecule has 0 aliphatic heterocycles. The van der Waals surface area contributed by atoms with Gasteiger partial charge in [0.1, 0.15) is 25.5 Å². The van der Waals surface area contributed by atoms with Crippen LogP contribution in [0.25, 0.3) is 0 Å². The van der Waals surface area contributed by atoms with Gasteiger partial charge in [0.25, 0.3) is 0 Å². The van der Waals surface area contributed by atoms with Crippen LogP contribution < -0.4 is 0 Å². The molecule has 0 aromatic heterocycles. The van der Waals surface area contributed by atoms with Crippen molar-refractivity contribution in [3.8, 4) is 0 Å². The first kappa shape index (κ1) is 24.9. The van der Waals surface area contributed by atoms with Gasteiger partial charge >= 0.3 is 18.0 Å². The van der Waals surface area contributed by atoms with Crippen LogP contribution in [0.3, 0.4) is 0 Å². The van der Waals surface area contributed by atoms with E-state index in [0.717, 1.165) is 4.90 Å². The van der Waals surface area contributed by atoms with E-state index in [0.29, 0.717) is 0 Å². The van der Waals surface area contributed by atoms with Crippen molar-refractivity contribution in [1.29, 1.82) is 0 Å². The summed E-state index contributed by atoms with van der Waals surface area (Å²) in [5, 5.41) is 0. The monoisotopic (exact) mass is 389 g/mol. The molecule has 156 valence electrons. The third-order valence-corrected chi connectivity index (χ3v) is 3.14. The van der Waals surface area contributed by atoms with Crippen molar-refractivity contribution in [3.63, 3.8) is 0 Å². The van der Waals surface area contributed by atoms with Crippen LogP contribution in [0.4, 0.5) is 4.79 Å². The zero-order valence-electron chi connectivity index (χ0n) is 16.8. The van der Waals surface area contributed by atoms with E-state index in [1.807, 2.05) is 0 Å². The maximum absolute atomic E-state index is 12.3. The van der Waals surface area contributed by atoms with Gasteiger partial charge in [0.2, 0.25) is 0 Å². The molecule has 0 unspecified atom stereocenters. The van der Waals surface area contributed by atoms with Crippen LogP contribution in [0.1, 0.15) is 33.6 Å². The summed E-state index contributed by atoms with van der Waals surface area (Å²) >= 11 is 0. The van der Waals surface area contributed by atoms with E-state index < -0.39 is 29.7 Å². The van der Waals surface area contributed by atoms with E-state index >= 15 is 0 Å². The number of amides is 1. The molecule has 0 aliphatic carbocycles. The van der Waals surface area contributed by atoms with Gasteiger partial charge in [-0.3, -0.25) is 14.5 Å². The second-order valence-electron chi connectivity index (χ2n) is 6.63. The van der Waals surface area contributed by atoms with E-state index in [4.69, 9.17) is 18.9 Å². The van der Waals surface area contributed by atoms with Crippen molar-refractivity contribution in [1.82, 2.24) is 4.90 Å². The molecule has 1 atom stereocenters. The number of esters is 2. The highest BCUT2D eigenvalue weighted by Crippen LogP contribution is 2.14. The van der Waals surface area contributed by atoms with Crippen molar-refractivity contribution in [2.45, 2.75) is 45.3 Å². The van der Waals surface area contributed by atoms with E-state index in [2.05, 4.69) is 11.3 Å². The number of rotatable bonds is 12. The molecule has 0 heterocycles. The van der Waals surface area contributed by atoms with Gasteiger partial charge in [-0.25, -0.2) is 4.79 Å². The Morgan fingerprint density at radius 1 is 1.15 bits per heavy atom. The Morgan fingerprint density at radius 3 is 2.33 bits per heavy atom. The summed E-state index contributed by atoms with van der Waals surface area (Å²) < 4.78 is 25.1. The lowest BCUT2D eigenvalue weighted by Gasteiger charge is -2.30. The van der Waals surface area contributed by atoms with Crippen molar-refractivity contribution in [2.75, 3.05) is 40.8 Å². The first-order valence-electron chi connectivity index (χ1n) is 8.54. The maximum atomic E-state index is 12.3. The van der Waals surface area contributed by atoms with Gasteiger partial charge in [-0.05, 0) is 27.2 Å². The van der Waals surface area contributed by atoms with Crippen molar-refractivity contribution < 1.29 is 38.1 Å². The molecule has 0 saturated carbocycles. The molecule has 9 heteroatoms. The van der Waals surface area contributed by atoms with Crippen LogP contribution in [0.15, 0.2) is 12.7 Å². The summed E-state index contributed by atoms with van der Waals surface area (Å²) in [5.41, 5.74) is -0.617. The lowest BCUT2D eigenvalue weighted by Crippen LogP contribution is -2.46. The van der Waals surface area contributed by atoms with E-state index in [1.165, 1.54) is 20.3 Å². The smallest absolute Gasteiger partial charge is 0.410 e. The highest BCUT2D eigenvalue weighted by molar-refractivity contribution is 5.78. The van der Waals surface area contributed by atoms with Crippen LogP contribution >= 0.6 is 0 Å². The van der Waals surface area contributed by atoms with Crippen LogP contribution in [-0.4, -0.2) is 75.3 Å². The first-order chi connectivity index (χ1) is 12.6. The molecule has 1 amide bonds.